The topological polar surface area (TPSA) is 79.4 Å². The number of benzene rings is 1. The number of aryl methyl sites for hydroxylation is 2. The molecule has 1 unspecified atom stereocenters. The van der Waals surface area contributed by atoms with Gasteiger partial charge in [-0.25, -0.2) is 0 Å². The van der Waals surface area contributed by atoms with Crippen LogP contribution in [-0.2, 0) is 14.4 Å². The van der Waals surface area contributed by atoms with E-state index in [0.29, 0.717) is 13.0 Å². The van der Waals surface area contributed by atoms with Crippen molar-refractivity contribution in [2.45, 2.75) is 86.7 Å². The minimum Gasteiger partial charge on any atom is -0.347 e. The second-order valence-electron chi connectivity index (χ2n) is 12.1. The van der Waals surface area contributed by atoms with E-state index >= 15 is 0 Å². The summed E-state index contributed by atoms with van der Waals surface area (Å²) >= 11 is 0. The highest BCUT2D eigenvalue weighted by molar-refractivity contribution is 5.89. The van der Waals surface area contributed by atoms with E-state index in [4.69, 9.17) is 0 Å². The third kappa shape index (κ3) is 7.06. The molecule has 1 aromatic heterocycles. The summed E-state index contributed by atoms with van der Waals surface area (Å²) in [6.07, 6.45) is 5.08. The summed E-state index contributed by atoms with van der Waals surface area (Å²) in [7, 11) is 0. The third-order valence-corrected chi connectivity index (χ3v) is 7.27. The Labute approximate surface area is 222 Å². The lowest BCUT2D eigenvalue weighted by molar-refractivity contribution is -0.151. The third-order valence-electron chi connectivity index (χ3n) is 7.27. The average molecular weight is 506 g/mol. The van der Waals surface area contributed by atoms with Crippen molar-refractivity contribution in [1.29, 1.82) is 0 Å². The summed E-state index contributed by atoms with van der Waals surface area (Å²) in [6.45, 7) is 16.6. The summed E-state index contributed by atoms with van der Waals surface area (Å²) in [5.41, 5.74) is 5.07. The molecule has 1 saturated heterocycles. The minimum absolute atomic E-state index is 0.0213. The zero-order chi connectivity index (χ0) is 27.5. The van der Waals surface area contributed by atoms with Crippen LogP contribution in [0.25, 0.3) is 11.1 Å². The Morgan fingerprint density at radius 2 is 1.81 bits per heavy atom. The number of carbonyl (C=O) groups excluding carboxylic acids is 3. The number of piperidine rings is 1. The molecule has 2 heterocycles. The summed E-state index contributed by atoms with van der Waals surface area (Å²) in [6, 6.07) is 7.07. The molecule has 6 heteroatoms. The number of pyridine rings is 1. The lowest BCUT2D eigenvalue weighted by atomic mass is 9.78. The van der Waals surface area contributed by atoms with E-state index in [1.165, 1.54) is 6.92 Å². The van der Waals surface area contributed by atoms with Crippen LogP contribution in [0.1, 0.15) is 83.5 Å². The van der Waals surface area contributed by atoms with E-state index < -0.39 is 12.1 Å². The number of amides is 2. The van der Waals surface area contributed by atoms with Crippen molar-refractivity contribution < 1.29 is 14.4 Å². The van der Waals surface area contributed by atoms with Crippen LogP contribution >= 0.6 is 0 Å². The van der Waals surface area contributed by atoms with E-state index in [-0.39, 0.29) is 41.3 Å². The second kappa shape index (κ2) is 11.6. The molecule has 2 amide bonds. The van der Waals surface area contributed by atoms with E-state index in [2.05, 4.69) is 64.0 Å². The number of hydrogen-bond acceptors (Lipinski definition) is 4. The maximum absolute atomic E-state index is 13.8. The Morgan fingerprint density at radius 3 is 2.41 bits per heavy atom. The zero-order valence-electron chi connectivity index (χ0n) is 23.7. The van der Waals surface area contributed by atoms with Gasteiger partial charge in [0, 0.05) is 36.8 Å². The van der Waals surface area contributed by atoms with Crippen LogP contribution in [0.15, 0.2) is 36.7 Å². The molecule has 0 saturated carbocycles. The van der Waals surface area contributed by atoms with Crippen molar-refractivity contribution in [1.82, 2.24) is 15.2 Å². The van der Waals surface area contributed by atoms with Crippen LogP contribution < -0.4 is 5.32 Å². The lowest BCUT2D eigenvalue weighted by Gasteiger charge is -2.44. The van der Waals surface area contributed by atoms with Gasteiger partial charge in [0.1, 0.15) is 11.8 Å². The number of hydrogen-bond donors (Lipinski definition) is 1. The minimum atomic E-state index is -0.585. The van der Waals surface area contributed by atoms with Gasteiger partial charge in [-0.05, 0) is 73.3 Å². The van der Waals surface area contributed by atoms with Gasteiger partial charge in [-0.1, -0.05) is 52.8 Å². The van der Waals surface area contributed by atoms with Crippen LogP contribution in [0.2, 0.25) is 0 Å². The van der Waals surface area contributed by atoms with Crippen molar-refractivity contribution in [2.24, 2.45) is 17.3 Å². The molecule has 3 rings (SSSR count). The van der Waals surface area contributed by atoms with Gasteiger partial charge in [0.2, 0.25) is 11.8 Å². The molecule has 1 fully saturated rings. The molecule has 1 aliphatic heterocycles. The molecule has 1 N–H and O–H groups in total. The number of Topliss-reactive ketones (excluding diaryl/α,β-unsaturated/α-hetero) is 1. The molecule has 0 radical (unpaired) electrons. The van der Waals surface area contributed by atoms with Crippen LogP contribution in [-0.4, -0.2) is 40.1 Å². The normalized spacial score (nSPS) is 19.0. The van der Waals surface area contributed by atoms with Gasteiger partial charge in [-0.2, -0.15) is 0 Å². The van der Waals surface area contributed by atoms with Gasteiger partial charge in [-0.15, -0.1) is 0 Å². The van der Waals surface area contributed by atoms with Crippen molar-refractivity contribution in [3.8, 4) is 11.1 Å². The van der Waals surface area contributed by atoms with Crippen molar-refractivity contribution in [2.75, 3.05) is 6.54 Å². The maximum Gasteiger partial charge on any atom is 0.243 e. The monoisotopic (exact) mass is 505 g/mol. The van der Waals surface area contributed by atoms with Crippen LogP contribution in [0, 0.1) is 31.1 Å². The molecular formula is C31H43N3O3. The van der Waals surface area contributed by atoms with Crippen LogP contribution in [0.5, 0.6) is 0 Å². The van der Waals surface area contributed by atoms with E-state index in [9.17, 15) is 14.4 Å². The van der Waals surface area contributed by atoms with Gasteiger partial charge >= 0.3 is 0 Å². The fraction of sp³-hybridized carbons (Fsp3) is 0.548. The van der Waals surface area contributed by atoms with E-state index in [1.54, 1.807) is 11.1 Å². The molecule has 1 aromatic carbocycles. The Bertz CT molecular complexity index is 1130. The molecule has 0 aliphatic carbocycles. The SMILES string of the molecule is CC(=O)C[C@H](NC(=O)[C@H](CC(C)C)N1CC(C)(C)CC(C)C1=O)c1cncc(-c2c(C)cccc2C)c1. The van der Waals surface area contributed by atoms with Crippen molar-refractivity contribution >= 4 is 17.6 Å². The number of nitrogens with zero attached hydrogens (tertiary/aromatic N) is 2. The number of nitrogens with one attached hydrogen (secondary N) is 1. The van der Waals surface area contributed by atoms with Crippen LogP contribution in [0.4, 0.5) is 0 Å². The summed E-state index contributed by atoms with van der Waals surface area (Å²) < 4.78 is 0. The standard InChI is InChI=1S/C31H43N3O3/c1-19(2)12-27(34-18-31(7,8)15-22(5)30(34)37)29(36)33-26(13-23(6)35)24-14-25(17-32-16-24)28-20(3)10-9-11-21(28)4/h9-11,14,16-17,19,22,26-27H,12-13,15,18H2,1-8H3,(H,33,36)/t22?,26-,27-/m0/s1. The van der Waals surface area contributed by atoms with Gasteiger partial charge in [0.25, 0.3) is 0 Å². The molecule has 6 nitrogen and oxygen atoms in total. The highest BCUT2D eigenvalue weighted by Gasteiger charge is 2.42. The molecule has 3 atom stereocenters. The lowest BCUT2D eigenvalue weighted by Crippen LogP contribution is -2.57. The maximum atomic E-state index is 13.8. The smallest absolute Gasteiger partial charge is 0.243 e. The molecule has 1 aliphatic rings. The molecule has 0 bridgehead atoms. The first-order chi connectivity index (χ1) is 17.3. The van der Waals surface area contributed by atoms with Crippen LogP contribution in [0.3, 0.4) is 0 Å². The number of rotatable bonds is 9. The predicted molar refractivity (Wildman–Crippen MR) is 148 cm³/mol. The molecule has 37 heavy (non-hydrogen) atoms. The van der Waals surface area contributed by atoms with E-state index in [0.717, 1.165) is 34.2 Å². The first-order valence-electron chi connectivity index (χ1n) is 13.4. The Hall–Kier alpha value is -3.02. The van der Waals surface area contributed by atoms with Gasteiger partial charge in [-0.3, -0.25) is 19.4 Å². The summed E-state index contributed by atoms with van der Waals surface area (Å²) in [5, 5.41) is 3.14. The number of ketones is 1. The molecular weight excluding hydrogens is 462 g/mol. The summed E-state index contributed by atoms with van der Waals surface area (Å²) in [4.78, 5) is 45.6. The van der Waals surface area contributed by atoms with Gasteiger partial charge < -0.3 is 10.2 Å². The van der Waals surface area contributed by atoms with E-state index in [1.807, 2.05) is 25.3 Å². The average Bonchev–Trinajstić information content (AvgIpc) is 2.79. The summed E-state index contributed by atoms with van der Waals surface area (Å²) in [5.74, 6) is -0.105. The molecule has 200 valence electrons. The first kappa shape index (κ1) is 28.5. The molecule has 2 aromatic rings. The number of carbonyl (C=O) groups is 3. The van der Waals surface area contributed by atoms with Gasteiger partial charge in [0.15, 0.2) is 0 Å². The largest absolute Gasteiger partial charge is 0.347 e. The Kier molecular flexibility index (Phi) is 8.93. The molecule has 0 spiro atoms. The number of likely N-dealkylation sites (tertiary alicyclic amines) is 1. The van der Waals surface area contributed by atoms with Crippen molar-refractivity contribution in [3.63, 3.8) is 0 Å². The second-order valence-corrected chi connectivity index (χ2v) is 12.1. The number of aromatic nitrogens is 1. The fourth-order valence-electron chi connectivity index (χ4n) is 5.75. The Morgan fingerprint density at radius 1 is 1.16 bits per heavy atom. The van der Waals surface area contributed by atoms with Crippen molar-refractivity contribution in [3.05, 3.63) is 53.3 Å². The quantitative estimate of drug-likeness (QED) is 0.466. The zero-order valence-corrected chi connectivity index (χ0v) is 23.7. The highest BCUT2D eigenvalue weighted by Crippen LogP contribution is 2.35. The Balaban J connectivity index is 1.95. The highest BCUT2D eigenvalue weighted by atomic mass is 16.2. The predicted octanol–water partition coefficient (Wildman–Crippen LogP) is 5.81. The first-order valence-corrected chi connectivity index (χ1v) is 13.4. The van der Waals surface area contributed by atoms with Gasteiger partial charge in [0.05, 0.1) is 6.04 Å². The fourth-order valence-corrected chi connectivity index (χ4v) is 5.75.